The molecule has 0 unspecified atom stereocenters. The van der Waals surface area contributed by atoms with Crippen molar-refractivity contribution in [3.05, 3.63) is 64.7 Å². The quantitative estimate of drug-likeness (QED) is 0.757. The van der Waals surface area contributed by atoms with Crippen LogP contribution in [0, 0.1) is 0 Å². The van der Waals surface area contributed by atoms with Gasteiger partial charge in [0.25, 0.3) is 11.8 Å². The molecule has 152 valence electrons. The van der Waals surface area contributed by atoms with Gasteiger partial charge >= 0.3 is 0 Å². The topological polar surface area (TPSA) is 78.5 Å². The van der Waals surface area contributed by atoms with Crippen LogP contribution in [-0.4, -0.2) is 41.8 Å². The minimum Gasteiger partial charge on any atom is -0.354 e. The number of benzene rings is 2. The zero-order chi connectivity index (χ0) is 20.8. The molecule has 0 bridgehead atoms. The molecule has 0 aliphatic carbocycles. The van der Waals surface area contributed by atoms with Gasteiger partial charge in [-0.3, -0.25) is 14.4 Å². The normalized spacial score (nSPS) is 15.8. The lowest BCUT2D eigenvalue weighted by Crippen LogP contribution is -2.46. The molecule has 6 nitrogen and oxygen atoms in total. The molecule has 2 aromatic rings. The Morgan fingerprint density at radius 3 is 2.55 bits per heavy atom. The summed E-state index contributed by atoms with van der Waals surface area (Å²) in [5.41, 5.74) is 1.52. The van der Waals surface area contributed by atoms with E-state index in [1.54, 1.807) is 53.4 Å². The van der Waals surface area contributed by atoms with Crippen molar-refractivity contribution in [3.8, 4) is 0 Å². The molecule has 1 aliphatic heterocycles. The Kier molecular flexibility index (Phi) is 6.88. The summed E-state index contributed by atoms with van der Waals surface area (Å²) in [6.07, 6.45) is 2.34. The second-order valence-electron chi connectivity index (χ2n) is 6.99. The third-order valence-corrected chi connectivity index (χ3v) is 5.08. The van der Waals surface area contributed by atoms with E-state index in [2.05, 4.69) is 10.6 Å². The number of nitrogens with zero attached hydrogens (tertiary/aromatic N) is 1. The SMILES string of the molecule is CCCNC(=O)[C@@H]1CCCN1C(=O)c1ccc(NC(=O)c2cccc(Cl)c2)cc1. The zero-order valence-corrected chi connectivity index (χ0v) is 17.0. The Labute approximate surface area is 175 Å². The highest BCUT2D eigenvalue weighted by molar-refractivity contribution is 6.31. The van der Waals surface area contributed by atoms with Gasteiger partial charge in [-0.15, -0.1) is 0 Å². The van der Waals surface area contributed by atoms with Gasteiger partial charge in [0.2, 0.25) is 5.91 Å². The van der Waals surface area contributed by atoms with Gasteiger partial charge in [0.15, 0.2) is 0 Å². The molecule has 0 radical (unpaired) electrons. The van der Waals surface area contributed by atoms with Crippen LogP contribution in [0.3, 0.4) is 0 Å². The van der Waals surface area contributed by atoms with E-state index in [0.29, 0.717) is 41.3 Å². The monoisotopic (exact) mass is 413 g/mol. The fourth-order valence-corrected chi connectivity index (χ4v) is 3.53. The number of amides is 3. The number of hydrogen-bond acceptors (Lipinski definition) is 3. The predicted octanol–water partition coefficient (Wildman–Crippen LogP) is 3.72. The Bertz CT molecular complexity index is 898. The molecule has 1 fully saturated rings. The van der Waals surface area contributed by atoms with Crippen molar-refractivity contribution in [1.82, 2.24) is 10.2 Å². The van der Waals surface area contributed by atoms with Gasteiger partial charge < -0.3 is 15.5 Å². The van der Waals surface area contributed by atoms with Gasteiger partial charge in [-0.25, -0.2) is 0 Å². The summed E-state index contributed by atoms with van der Waals surface area (Å²) in [7, 11) is 0. The number of carbonyl (C=O) groups is 3. The lowest BCUT2D eigenvalue weighted by atomic mass is 10.1. The highest BCUT2D eigenvalue weighted by atomic mass is 35.5. The Balaban J connectivity index is 1.65. The smallest absolute Gasteiger partial charge is 0.255 e. The van der Waals surface area contributed by atoms with Crippen LogP contribution in [0.4, 0.5) is 5.69 Å². The Morgan fingerprint density at radius 2 is 1.86 bits per heavy atom. The van der Waals surface area contributed by atoms with E-state index in [4.69, 9.17) is 11.6 Å². The van der Waals surface area contributed by atoms with E-state index in [1.165, 1.54) is 0 Å². The Hall–Kier alpha value is -2.86. The first-order chi connectivity index (χ1) is 14.0. The van der Waals surface area contributed by atoms with E-state index < -0.39 is 6.04 Å². The predicted molar refractivity (Wildman–Crippen MR) is 113 cm³/mol. The van der Waals surface area contributed by atoms with Crippen molar-refractivity contribution >= 4 is 35.0 Å². The minimum atomic E-state index is -0.420. The van der Waals surface area contributed by atoms with Crippen LogP contribution in [-0.2, 0) is 4.79 Å². The number of carbonyl (C=O) groups excluding carboxylic acids is 3. The van der Waals surface area contributed by atoms with Gasteiger partial charge in [0.05, 0.1) is 0 Å². The van der Waals surface area contributed by atoms with Crippen LogP contribution in [0.25, 0.3) is 0 Å². The first-order valence-electron chi connectivity index (χ1n) is 9.75. The molecule has 3 amide bonds. The van der Waals surface area contributed by atoms with Crippen molar-refractivity contribution in [2.24, 2.45) is 0 Å². The zero-order valence-electron chi connectivity index (χ0n) is 16.3. The molecule has 2 aromatic carbocycles. The first-order valence-corrected chi connectivity index (χ1v) is 10.1. The maximum Gasteiger partial charge on any atom is 0.255 e. The molecule has 1 atom stereocenters. The van der Waals surface area contributed by atoms with Crippen LogP contribution >= 0.6 is 11.6 Å². The maximum atomic E-state index is 12.9. The van der Waals surface area contributed by atoms with Crippen LogP contribution in [0.15, 0.2) is 48.5 Å². The van der Waals surface area contributed by atoms with E-state index in [0.717, 1.165) is 12.8 Å². The fourth-order valence-electron chi connectivity index (χ4n) is 3.34. The molecule has 3 rings (SSSR count). The standard InChI is InChI=1S/C22H24ClN3O3/c1-2-12-24-21(28)19-7-4-13-26(19)22(29)15-8-10-18(11-9-15)25-20(27)16-5-3-6-17(23)14-16/h3,5-6,8-11,14,19H,2,4,7,12-13H2,1H3,(H,24,28)(H,25,27)/t19-/m0/s1. The molecular formula is C22H24ClN3O3. The maximum absolute atomic E-state index is 12.9. The molecule has 0 aromatic heterocycles. The first kappa shape index (κ1) is 20.9. The van der Waals surface area contributed by atoms with Crippen molar-refractivity contribution in [2.45, 2.75) is 32.2 Å². The average Bonchev–Trinajstić information content (AvgIpc) is 3.22. The second kappa shape index (κ2) is 9.56. The molecule has 2 N–H and O–H groups in total. The molecule has 7 heteroatoms. The molecular weight excluding hydrogens is 390 g/mol. The largest absolute Gasteiger partial charge is 0.354 e. The number of rotatable bonds is 6. The van der Waals surface area contributed by atoms with Crippen molar-refractivity contribution in [1.29, 1.82) is 0 Å². The Morgan fingerprint density at radius 1 is 1.10 bits per heavy atom. The summed E-state index contributed by atoms with van der Waals surface area (Å²) in [6.45, 7) is 3.17. The number of anilines is 1. The molecule has 1 aliphatic rings. The van der Waals surface area contributed by atoms with Crippen molar-refractivity contribution in [2.75, 3.05) is 18.4 Å². The van der Waals surface area contributed by atoms with Crippen LogP contribution in [0.2, 0.25) is 5.02 Å². The van der Waals surface area contributed by atoms with Gasteiger partial charge in [-0.2, -0.15) is 0 Å². The average molecular weight is 414 g/mol. The molecule has 1 heterocycles. The number of nitrogens with one attached hydrogen (secondary N) is 2. The van der Waals surface area contributed by atoms with Crippen LogP contribution < -0.4 is 10.6 Å². The summed E-state index contributed by atoms with van der Waals surface area (Å²) < 4.78 is 0. The highest BCUT2D eigenvalue weighted by Gasteiger charge is 2.34. The second-order valence-corrected chi connectivity index (χ2v) is 7.43. The summed E-state index contributed by atoms with van der Waals surface area (Å²) >= 11 is 5.92. The van der Waals surface area contributed by atoms with Gasteiger partial charge in [-0.05, 0) is 61.7 Å². The van der Waals surface area contributed by atoms with Gasteiger partial charge in [0.1, 0.15) is 6.04 Å². The molecule has 29 heavy (non-hydrogen) atoms. The third-order valence-electron chi connectivity index (χ3n) is 4.84. The lowest BCUT2D eigenvalue weighted by Gasteiger charge is -2.24. The summed E-state index contributed by atoms with van der Waals surface area (Å²) in [5.74, 6) is -0.547. The van der Waals surface area contributed by atoms with E-state index >= 15 is 0 Å². The van der Waals surface area contributed by atoms with Gasteiger partial charge in [-0.1, -0.05) is 24.6 Å². The van der Waals surface area contributed by atoms with Crippen molar-refractivity contribution < 1.29 is 14.4 Å². The minimum absolute atomic E-state index is 0.0943. The number of hydrogen-bond donors (Lipinski definition) is 2. The molecule has 0 saturated carbocycles. The number of likely N-dealkylation sites (tertiary alicyclic amines) is 1. The van der Waals surface area contributed by atoms with Crippen LogP contribution in [0.5, 0.6) is 0 Å². The lowest BCUT2D eigenvalue weighted by molar-refractivity contribution is -0.124. The van der Waals surface area contributed by atoms with Crippen LogP contribution in [0.1, 0.15) is 46.9 Å². The number of halogens is 1. The molecule has 1 saturated heterocycles. The van der Waals surface area contributed by atoms with E-state index in [-0.39, 0.29) is 17.7 Å². The summed E-state index contributed by atoms with van der Waals surface area (Å²) in [4.78, 5) is 39.1. The van der Waals surface area contributed by atoms with Gasteiger partial charge in [0, 0.05) is 34.9 Å². The molecule has 0 spiro atoms. The fraction of sp³-hybridized carbons (Fsp3) is 0.318. The van der Waals surface area contributed by atoms with E-state index in [9.17, 15) is 14.4 Å². The van der Waals surface area contributed by atoms with E-state index in [1.807, 2.05) is 6.92 Å². The highest BCUT2D eigenvalue weighted by Crippen LogP contribution is 2.21. The van der Waals surface area contributed by atoms with Crippen molar-refractivity contribution in [3.63, 3.8) is 0 Å². The summed E-state index contributed by atoms with van der Waals surface area (Å²) in [5, 5.41) is 6.14. The third kappa shape index (κ3) is 5.15. The summed E-state index contributed by atoms with van der Waals surface area (Å²) in [6, 6.07) is 12.9.